The first-order chi connectivity index (χ1) is 8.93. The third-order valence-corrected chi connectivity index (χ3v) is 2.41. The summed E-state index contributed by atoms with van der Waals surface area (Å²) in [5.74, 6) is -3.58. The molecule has 0 bridgehead atoms. The minimum Gasteiger partial charge on any atom is -0.449 e. The summed E-state index contributed by atoms with van der Waals surface area (Å²) < 4.78 is 43.9. The van der Waals surface area contributed by atoms with Gasteiger partial charge in [0.1, 0.15) is 11.4 Å². The largest absolute Gasteiger partial charge is 0.462 e. The Labute approximate surface area is 107 Å². The van der Waals surface area contributed by atoms with E-state index >= 15 is 0 Å². The van der Waals surface area contributed by atoms with E-state index in [1.807, 2.05) is 0 Å². The Morgan fingerprint density at radius 3 is 2.11 bits per heavy atom. The number of aromatic nitrogens is 1. The molecule has 1 aromatic carbocycles. The van der Waals surface area contributed by atoms with Crippen molar-refractivity contribution in [3.63, 3.8) is 0 Å². The van der Waals surface area contributed by atoms with Crippen LogP contribution in [0.25, 0.3) is 0 Å². The second-order valence-electron chi connectivity index (χ2n) is 3.77. The van der Waals surface area contributed by atoms with Gasteiger partial charge in [0.2, 0.25) is 0 Å². The predicted octanol–water partition coefficient (Wildman–Crippen LogP) is 2.87. The van der Waals surface area contributed by atoms with Crippen LogP contribution in [0.5, 0.6) is 5.75 Å². The van der Waals surface area contributed by atoms with Crippen LogP contribution in [0.3, 0.4) is 0 Å². The van der Waals surface area contributed by atoms with Crippen molar-refractivity contribution in [2.24, 2.45) is 0 Å². The zero-order valence-electron chi connectivity index (χ0n) is 9.63. The van der Waals surface area contributed by atoms with Gasteiger partial charge in [-0.3, -0.25) is 4.98 Å². The van der Waals surface area contributed by atoms with Crippen LogP contribution in [0.2, 0.25) is 0 Å². The molecule has 0 spiro atoms. The van der Waals surface area contributed by atoms with E-state index in [0.29, 0.717) is 0 Å². The zero-order chi connectivity index (χ0) is 13.9. The van der Waals surface area contributed by atoms with Crippen molar-refractivity contribution in [2.45, 2.75) is 12.0 Å². The van der Waals surface area contributed by atoms with Crippen molar-refractivity contribution in [3.8, 4) is 5.75 Å². The lowest BCUT2D eigenvalue weighted by Gasteiger charge is -2.30. The van der Waals surface area contributed by atoms with Gasteiger partial charge < -0.3 is 9.84 Å². The monoisotopic (exact) mass is 269 g/mol. The minimum absolute atomic E-state index is 0.104. The molecule has 2 aromatic rings. The molecule has 3 nitrogen and oxygen atoms in total. The summed E-state index contributed by atoms with van der Waals surface area (Å²) in [6, 6.07) is 11.1. The van der Waals surface area contributed by atoms with Gasteiger partial charge in [0.05, 0.1) is 0 Å². The van der Waals surface area contributed by atoms with Gasteiger partial charge in [-0.2, -0.15) is 13.2 Å². The summed E-state index contributed by atoms with van der Waals surface area (Å²) >= 11 is 0. The van der Waals surface area contributed by atoms with Crippen molar-refractivity contribution in [3.05, 3.63) is 60.4 Å². The van der Waals surface area contributed by atoms with Crippen LogP contribution in [0.15, 0.2) is 54.7 Å². The molecular weight excluding hydrogens is 259 g/mol. The number of ether oxygens (including phenoxy) is 1. The number of benzene rings is 1. The molecule has 1 unspecified atom stereocenters. The minimum atomic E-state index is -5.02. The molecule has 0 radical (unpaired) electrons. The Balaban J connectivity index is 2.42. The van der Waals surface area contributed by atoms with Crippen molar-refractivity contribution >= 4 is 0 Å². The normalized spacial score (nSPS) is 14.7. The number of halogens is 3. The highest BCUT2D eigenvalue weighted by atomic mass is 19.4. The van der Waals surface area contributed by atoms with Gasteiger partial charge in [-0.1, -0.05) is 24.3 Å². The summed E-state index contributed by atoms with van der Waals surface area (Å²) in [6.07, 6.45) is -3.86. The van der Waals surface area contributed by atoms with Crippen molar-refractivity contribution in [2.75, 3.05) is 0 Å². The molecule has 0 aliphatic rings. The molecule has 0 aliphatic heterocycles. The molecule has 0 saturated carbocycles. The molecule has 6 heteroatoms. The first kappa shape index (κ1) is 13.4. The van der Waals surface area contributed by atoms with E-state index < -0.39 is 17.7 Å². The quantitative estimate of drug-likeness (QED) is 0.871. The maximum absolute atomic E-state index is 13.1. The van der Waals surface area contributed by atoms with Gasteiger partial charge in [-0.25, -0.2) is 0 Å². The maximum atomic E-state index is 13.1. The van der Waals surface area contributed by atoms with Gasteiger partial charge in [-0.15, -0.1) is 0 Å². The average molecular weight is 269 g/mol. The molecule has 0 saturated heterocycles. The summed E-state index contributed by atoms with van der Waals surface area (Å²) in [5, 5.41) is 9.86. The van der Waals surface area contributed by atoms with E-state index in [4.69, 9.17) is 4.74 Å². The van der Waals surface area contributed by atoms with Crippen LogP contribution in [-0.2, 0) is 5.79 Å². The van der Waals surface area contributed by atoms with Crippen LogP contribution in [0, 0.1) is 0 Å². The van der Waals surface area contributed by atoms with Crippen LogP contribution < -0.4 is 4.74 Å². The van der Waals surface area contributed by atoms with Gasteiger partial charge >= 0.3 is 12.0 Å². The summed E-state index contributed by atoms with van der Waals surface area (Å²) in [4.78, 5) is 3.52. The lowest BCUT2D eigenvalue weighted by atomic mass is 10.1. The molecule has 2 rings (SSSR count). The fraction of sp³-hybridized carbons (Fsp3) is 0.154. The number of alkyl halides is 3. The van der Waals surface area contributed by atoms with E-state index in [-0.39, 0.29) is 5.75 Å². The lowest BCUT2D eigenvalue weighted by Crippen LogP contribution is -2.48. The Hall–Kier alpha value is -2.08. The standard InChI is InChI=1S/C13H10F3NO2/c14-13(15,16)12(18,11-8-4-5-9-17-11)19-10-6-2-1-3-7-10/h1-9,18H. The third kappa shape index (κ3) is 2.68. The predicted molar refractivity (Wildman–Crippen MR) is 61.3 cm³/mol. The Morgan fingerprint density at radius 1 is 0.947 bits per heavy atom. The SMILES string of the molecule is OC(Oc1ccccc1)(c1ccccn1)C(F)(F)F. The molecule has 1 atom stereocenters. The highest BCUT2D eigenvalue weighted by Crippen LogP contribution is 2.39. The van der Waals surface area contributed by atoms with Crippen molar-refractivity contribution in [1.29, 1.82) is 0 Å². The molecule has 19 heavy (non-hydrogen) atoms. The van der Waals surface area contributed by atoms with Crippen LogP contribution in [0.4, 0.5) is 13.2 Å². The Morgan fingerprint density at radius 2 is 1.58 bits per heavy atom. The third-order valence-electron chi connectivity index (χ3n) is 2.41. The van der Waals surface area contributed by atoms with E-state index in [0.717, 1.165) is 12.3 Å². The summed E-state index contributed by atoms with van der Waals surface area (Å²) in [7, 11) is 0. The number of para-hydroxylation sites is 1. The fourth-order valence-electron chi connectivity index (χ4n) is 1.48. The van der Waals surface area contributed by atoms with E-state index in [1.165, 1.54) is 36.4 Å². The number of pyridine rings is 1. The van der Waals surface area contributed by atoms with Gasteiger partial charge in [0.25, 0.3) is 0 Å². The topological polar surface area (TPSA) is 42.4 Å². The highest BCUT2D eigenvalue weighted by molar-refractivity contribution is 5.24. The average Bonchev–Trinajstić information content (AvgIpc) is 2.39. The number of hydrogen-bond acceptors (Lipinski definition) is 3. The smallest absolute Gasteiger partial charge is 0.449 e. The molecule has 1 N–H and O–H groups in total. The zero-order valence-corrected chi connectivity index (χ0v) is 9.63. The molecule has 0 aliphatic carbocycles. The first-order valence-corrected chi connectivity index (χ1v) is 5.38. The van der Waals surface area contributed by atoms with Crippen LogP contribution >= 0.6 is 0 Å². The first-order valence-electron chi connectivity index (χ1n) is 5.38. The highest BCUT2D eigenvalue weighted by Gasteiger charge is 2.59. The van der Waals surface area contributed by atoms with Crippen LogP contribution in [0.1, 0.15) is 5.69 Å². The molecule has 1 aromatic heterocycles. The molecule has 100 valence electrons. The van der Waals surface area contributed by atoms with Crippen molar-refractivity contribution in [1.82, 2.24) is 4.98 Å². The number of rotatable bonds is 3. The number of aliphatic hydroxyl groups is 1. The fourth-order valence-corrected chi connectivity index (χ4v) is 1.48. The molecule has 0 fully saturated rings. The van der Waals surface area contributed by atoms with E-state index in [1.54, 1.807) is 6.07 Å². The second-order valence-corrected chi connectivity index (χ2v) is 3.77. The Bertz CT molecular complexity index is 531. The van der Waals surface area contributed by atoms with E-state index in [9.17, 15) is 18.3 Å². The van der Waals surface area contributed by atoms with E-state index in [2.05, 4.69) is 4.98 Å². The van der Waals surface area contributed by atoms with Gasteiger partial charge in [0, 0.05) is 6.20 Å². The summed E-state index contributed by atoms with van der Waals surface area (Å²) in [6.45, 7) is 0. The number of hydrogen-bond donors (Lipinski definition) is 1. The van der Waals surface area contributed by atoms with Gasteiger partial charge in [0.15, 0.2) is 0 Å². The van der Waals surface area contributed by atoms with Crippen LogP contribution in [-0.4, -0.2) is 16.3 Å². The van der Waals surface area contributed by atoms with Crippen molar-refractivity contribution < 1.29 is 23.0 Å². The lowest BCUT2D eigenvalue weighted by molar-refractivity contribution is -0.346. The molecule has 1 heterocycles. The Kier molecular flexibility index (Phi) is 3.44. The summed E-state index contributed by atoms with van der Waals surface area (Å²) in [5.41, 5.74) is -0.619. The molecular formula is C13H10F3NO2. The molecule has 0 amide bonds. The number of nitrogens with zero attached hydrogens (tertiary/aromatic N) is 1. The van der Waals surface area contributed by atoms with Gasteiger partial charge in [-0.05, 0) is 24.3 Å². The second kappa shape index (κ2) is 4.89. The maximum Gasteiger partial charge on any atom is 0.462 e.